The topological polar surface area (TPSA) is 106 Å². The zero-order valence-corrected chi connectivity index (χ0v) is 19.9. The fourth-order valence-corrected chi connectivity index (χ4v) is 3.41. The van der Waals surface area contributed by atoms with Gasteiger partial charge in [0.25, 0.3) is 0 Å². The van der Waals surface area contributed by atoms with Crippen LogP contribution in [-0.4, -0.2) is 49.2 Å². The van der Waals surface area contributed by atoms with Crippen molar-refractivity contribution < 1.29 is 24.5 Å². The summed E-state index contributed by atoms with van der Waals surface area (Å²) in [6, 6.07) is 15.2. The molecule has 0 aliphatic heterocycles. The van der Waals surface area contributed by atoms with Gasteiger partial charge >= 0.3 is 0 Å². The molecule has 0 fully saturated rings. The third-order valence-corrected chi connectivity index (χ3v) is 5.57. The molecule has 33 heavy (non-hydrogen) atoms. The second-order valence-corrected chi connectivity index (χ2v) is 8.21. The summed E-state index contributed by atoms with van der Waals surface area (Å²) in [5, 5.41) is 20.3. The van der Waals surface area contributed by atoms with Gasteiger partial charge in [0.05, 0.1) is 18.8 Å². The quantitative estimate of drug-likeness (QED) is 0.212. The van der Waals surface area contributed by atoms with Crippen LogP contribution in [0.2, 0.25) is 0 Å². The highest BCUT2D eigenvalue weighted by Gasteiger charge is 2.09. The number of benzene rings is 2. The number of rotatable bonds is 17. The van der Waals surface area contributed by atoms with Crippen LogP contribution in [0.25, 0.3) is 0 Å². The van der Waals surface area contributed by atoms with Crippen molar-refractivity contribution in [3.8, 4) is 11.5 Å². The van der Waals surface area contributed by atoms with E-state index in [4.69, 9.17) is 20.0 Å². The van der Waals surface area contributed by atoms with E-state index in [0.717, 1.165) is 36.3 Å². The maximum atomic E-state index is 10.3. The summed E-state index contributed by atoms with van der Waals surface area (Å²) < 4.78 is 11.6. The summed E-state index contributed by atoms with van der Waals surface area (Å²) in [5.74, 6) is 2.07. The first kappa shape index (κ1) is 27.1. The SMILES string of the molecule is CCC(CC)COc1cccc(C[C@@H](O)CNOCCOc2cccc(C(O)CCN)c2)c1. The Morgan fingerprint density at radius 1 is 0.939 bits per heavy atom. The Balaban J connectivity index is 1.63. The van der Waals surface area contributed by atoms with E-state index in [0.29, 0.717) is 50.8 Å². The molecule has 0 saturated heterocycles. The second kappa shape index (κ2) is 15.6. The standard InChI is InChI=1S/C26H40N2O5/c1-3-20(4-2)19-32-24-9-5-7-21(16-24)15-23(29)18-28-33-14-13-31-25-10-6-8-22(17-25)26(30)11-12-27/h5-10,16-17,20,23,26,28-30H,3-4,11-15,18-19,27H2,1-2H3/t23-,26?/m1/s1. The summed E-state index contributed by atoms with van der Waals surface area (Å²) in [4.78, 5) is 5.37. The van der Waals surface area contributed by atoms with Gasteiger partial charge in [-0.1, -0.05) is 51.0 Å². The van der Waals surface area contributed by atoms with Crippen molar-refractivity contribution in [3.63, 3.8) is 0 Å². The minimum Gasteiger partial charge on any atom is -0.493 e. The first-order chi connectivity index (χ1) is 16.0. The van der Waals surface area contributed by atoms with Gasteiger partial charge in [-0.15, -0.1) is 0 Å². The molecule has 0 aromatic heterocycles. The monoisotopic (exact) mass is 460 g/mol. The number of nitrogens with one attached hydrogen (secondary N) is 1. The third kappa shape index (κ3) is 10.5. The molecule has 1 unspecified atom stereocenters. The molecule has 184 valence electrons. The normalized spacial score (nSPS) is 13.2. The highest BCUT2D eigenvalue weighted by Crippen LogP contribution is 2.21. The molecular formula is C26H40N2O5. The lowest BCUT2D eigenvalue weighted by Crippen LogP contribution is -2.29. The van der Waals surface area contributed by atoms with Crippen molar-refractivity contribution in [2.24, 2.45) is 11.7 Å². The van der Waals surface area contributed by atoms with Gasteiger partial charge < -0.3 is 25.4 Å². The summed E-state index contributed by atoms with van der Waals surface area (Å²) >= 11 is 0. The number of nitrogens with two attached hydrogens (primary N) is 1. The lowest BCUT2D eigenvalue weighted by molar-refractivity contribution is 0.000707. The smallest absolute Gasteiger partial charge is 0.119 e. The lowest BCUT2D eigenvalue weighted by atomic mass is 10.1. The molecule has 0 aliphatic carbocycles. The summed E-state index contributed by atoms with van der Waals surface area (Å²) in [6.07, 6.45) is 2.06. The minimum atomic E-state index is -0.588. The van der Waals surface area contributed by atoms with Gasteiger partial charge in [0.1, 0.15) is 24.7 Å². The van der Waals surface area contributed by atoms with Crippen molar-refractivity contribution >= 4 is 0 Å². The molecule has 2 rings (SSSR count). The number of hydroxylamine groups is 1. The van der Waals surface area contributed by atoms with Crippen molar-refractivity contribution in [1.82, 2.24) is 5.48 Å². The van der Waals surface area contributed by atoms with Crippen LogP contribution in [-0.2, 0) is 11.3 Å². The van der Waals surface area contributed by atoms with E-state index in [1.807, 2.05) is 42.5 Å². The molecule has 0 spiro atoms. The van der Waals surface area contributed by atoms with E-state index in [-0.39, 0.29) is 0 Å². The molecule has 0 aliphatic rings. The average Bonchev–Trinajstić information content (AvgIpc) is 2.82. The molecule has 7 heteroatoms. The Morgan fingerprint density at radius 2 is 1.67 bits per heavy atom. The van der Waals surface area contributed by atoms with E-state index >= 15 is 0 Å². The average molecular weight is 461 g/mol. The van der Waals surface area contributed by atoms with Crippen molar-refractivity contribution in [3.05, 3.63) is 59.7 Å². The van der Waals surface area contributed by atoms with Crippen molar-refractivity contribution in [2.45, 2.75) is 51.7 Å². The predicted molar refractivity (Wildman–Crippen MR) is 130 cm³/mol. The van der Waals surface area contributed by atoms with E-state index in [2.05, 4.69) is 19.3 Å². The van der Waals surface area contributed by atoms with E-state index in [1.54, 1.807) is 6.07 Å². The summed E-state index contributed by atoms with van der Waals surface area (Å²) in [7, 11) is 0. The van der Waals surface area contributed by atoms with Crippen LogP contribution >= 0.6 is 0 Å². The first-order valence-corrected chi connectivity index (χ1v) is 11.9. The van der Waals surface area contributed by atoms with Crippen LogP contribution in [0.3, 0.4) is 0 Å². The van der Waals surface area contributed by atoms with E-state index < -0.39 is 12.2 Å². The molecule has 2 aromatic carbocycles. The number of ether oxygens (including phenoxy) is 2. The fraction of sp³-hybridized carbons (Fsp3) is 0.538. The van der Waals surface area contributed by atoms with Gasteiger partial charge in [0.15, 0.2) is 0 Å². The largest absolute Gasteiger partial charge is 0.493 e. The molecule has 0 heterocycles. The zero-order chi connectivity index (χ0) is 23.9. The summed E-state index contributed by atoms with van der Waals surface area (Å²) in [5.41, 5.74) is 10.1. The maximum absolute atomic E-state index is 10.3. The van der Waals surface area contributed by atoms with Crippen LogP contribution in [0, 0.1) is 5.92 Å². The van der Waals surface area contributed by atoms with E-state index in [9.17, 15) is 10.2 Å². The van der Waals surface area contributed by atoms with Crippen LogP contribution in [0.15, 0.2) is 48.5 Å². The lowest BCUT2D eigenvalue weighted by Gasteiger charge is -2.15. The molecule has 0 amide bonds. The summed E-state index contributed by atoms with van der Waals surface area (Å²) in [6.45, 7) is 6.47. The number of hydrogen-bond donors (Lipinski definition) is 4. The Kier molecular flexibility index (Phi) is 12.8. The molecular weight excluding hydrogens is 420 g/mol. The fourth-order valence-electron chi connectivity index (χ4n) is 3.41. The zero-order valence-electron chi connectivity index (χ0n) is 19.9. The predicted octanol–water partition coefficient (Wildman–Crippen LogP) is 3.39. The van der Waals surface area contributed by atoms with Crippen molar-refractivity contribution in [1.29, 1.82) is 0 Å². The van der Waals surface area contributed by atoms with Crippen molar-refractivity contribution in [2.75, 3.05) is 32.9 Å². The third-order valence-electron chi connectivity index (χ3n) is 5.57. The van der Waals surface area contributed by atoms with Crippen LogP contribution in [0.5, 0.6) is 11.5 Å². The van der Waals surface area contributed by atoms with Gasteiger partial charge in [-0.3, -0.25) is 4.84 Å². The number of aliphatic hydroxyl groups is 2. The Labute approximate surface area is 197 Å². The van der Waals surface area contributed by atoms with Crippen LogP contribution in [0.1, 0.15) is 50.3 Å². The van der Waals surface area contributed by atoms with Gasteiger partial charge in [-0.2, -0.15) is 5.48 Å². The van der Waals surface area contributed by atoms with Crippen LogP contribution in [0.4, 0.5) is 0 Å². The van der Waals surface area contributed by atoms with Gasteiger partial charge in [0, 0.05) is 6.54 Å². The molecule has 2 aromatic rings. The highest BCUT2D eigenvalue weighted by atomic mass is 16.7. The van der Waals surface area contributed by atoms with Gasteiger partial charge in [-0.05, 0) is 60.7 Å². The van der Waals surface area contributed by atoms with E-state index in [1.165, 1.54) is 0 Å². The maximum Gasteiger partial charge on any atom is 0.119 e. The van der Waals surface area contributed by atoms with Gasteiger partial charge in [0.2, 0.25) is 0 Å². The molecule has 7 nitrogen and oxygen atoms in total. The second-order valence-electron chi connectivity index (χ2n) is 8.21. The van der Waals surface area contributed by atoms with Crippen LogP contribution < -0.4 is 20.7 Å². The first-order valence-electron chi connectivity index (χ1n) is 11.9. The minimum absolute atomic E-state index is 0.305. The van der Waals surface area contributed by atoms with Gasteiger partial charge in [-0.25, -0.2) is 0 Å². The molecule has 0 bridgehead atoms. The Morgan fingerprint density at radius 3 is 2.39 bits per heavy atom. The molecule has 5 N–H and O–H groups in total. The number of aliphatic hydroxyl groups excluding tert-OH is 2. The Hall–Kier alpha value is -2.16. The molecule has 0 radical (unpaired) electrons. The molecule has 2 atom stereocenters. The number of hydrogen-bond acceptors (Lipinski definition) is 7. The molecule has 0 saturated carbocycles. The highest BCUT2D eigenvalue weighted by molar-refractivity contribution is 5.30. The Bertz CT molecular complexity index is 785.